The van der Waals surface area contributed by atoms with Crippen molar-refractivity contribution in [3.05, 3.63) is 21.4 Å². The highest BCUT2D eigenvalue weighted by Crippen LogP contribution is 2.37. The third kappa shape index (κ3) is 3.26. The Hall–Kier alpha value is -0.380. The maximum absolute atomic E-state index is 5.72. The first-order valence-corrected chi connectivity index (χ1v) is 9.12. The fourth-order valence-corrected chi connectivity index (χ4v) is 5.02. The predicted octanol–water partition coefficient (Wildman–Crippen LogP) is 4.09. The highest BCUT2D eigenvalue weighted by molar-refractivity contribution is 7.12. The molecule has 2 heterocycles. The Balaban J connectivity index is 1.79. The van der Waals surface area contributed by atoms with Crippen LogP contribution in [0.25, 0.3) is 0 Å². The molecule has 2 atom stereocenters. The van der Waals surface area contributed by atoms with E-state index >= 15 is 0 Å². The molecule has 3 rings (SSSR count). The number of thiophene rings is 1. The Morgan fingerprint density at radius 1 is 1.30 bits per heavy atom. The van der Waals surface area contributed by atoms with Crippen LogP contribution in [0.2, 0.25) is 0 Å². The van der Waals surface area contributed by atoms with E-state index in [0.717, 1.165) is 19.8 Å². The number of nitrogens with one attached hydrogen (secondary N) is 1. The van der Waals surface area contributed by atoms with Gasteiger partial charge in [0.1, 0.15) is 0 Å². The van der Waals surface area contributed by atoms with E-state index in [1.165, 1.54) is 44.9 Å². The first-order chi connectivity index (χ1) is 9.88. The predicted molar refractivity (Wildman–Crippen MR) is 85.5 cm³/mol. The van der Waals surface area contributed by atoms with E-state index in [4.69, 9.17) is 4.74 Å². The minimum absolute atomic E-state index is 0.511. The SMILES string of the molecule is CCNC(c1cc2c(s1)CCCCC2)C1CCCOC1. The van der Waals surface area contributed by atoms with Crippen LogP contribution in [0.3, 0.4) is 0 Å². The van der Waals surface area contributed by atoms with Gasteiger partial charge in [-0.05, 0) is 56.7 Å². The summed E-state index contributed by atoms with van der Waals surface area (Å²) < 4.78 is 5.72. The van der Waals surface area contributed by atoms with Gasteiger partial charge in [-0.1, -0.05) is 13.3 Å². The lowest BCUT2D eigenvalue weighted by molar-refractivity contribution is 0.0398. The fraction of sp³-hybridized carbons (Fsp3) is 0.765. The zero-order chi connectivity index (χ0) is 13.8. The zero-order valence-corrected chi connectivity index (χ0v) is 13.4. The van der Waals surface area contributed by atoms with Crippen LogP contribution in [0, 0.1) is 5.92 Å². The van der Waals surface area contributed by atoms with Crippen molar-refractivity contribution in [3.63, 3.8) is 0 Å². The molecule has 2 unspecified atom stereocenters. The van der Waals surface area contributed by atoms with Crippen molar-refractivity contribution in [1.82, 2.24) is 5.32 Å². The van der Waals surface area contributed by atoms with Crippen LogP contribution >= 0.6 is 11.3 Å². The van der Waals surface area contributed by atoms with Crippen molar-refractivity contribution in [3.8, 4) is 0 Å². The van der Waals surface area contributed by atoms with Gasteiger partial charge in [0, 0.05) is 28.3 Å². The maximum Gasteiger partial charge on any atom is 0.0512 e. The summed E-state index contributed by atoms with van der Waals surface area (Å²) in [5, 5.41) is 3.72. The summed E-state index contributed by atoms with van der Waals surface area (Å²) in [7, 11) is 0. The second-order valence-electron chi connectivity index (χ2n) is 6.17. The minimum atomic E-state index is 0.511. The molecule has 1 aromatic rings. The Kier molecular flexibility index (Phi) is 5.14. The molecular formula is C17H27NOS. The molecule has 3 heteroatoms. The number of rotatable bonds is 4. The van der Waals surface area contributed by atoms with Crippen LogP contribution in [-0.4, -0.2) is 19.8 Å². The van der Waals surface area contributed by atoms with Gasteiger partial charge in [-0.2, -0.15) is 0 Å². The van der Waals surface area contributed by atoms with Crippen LogP contribution in [-0.2, 0) is 17.6 Å². The molecule has 1 aliphatic heterocycles. The molecule has 2 aliphatic rings. The number of hydrogen-bond acceptors (Lipinski definition) is 3. The maximum atomic E-state index is 5.72. The Morgan fingerprint density at radius 2 is 2.20 bits per heavy atom. The molecule has 0 radical (unpaired) electrons. The van der Waals surface area contributed by atoms with Gasteiger partial charge in [-0.25, -0.2) is 0 Å². The average Bonchev–Trinajstić information content (AvgIpc) is 2.76. The molecule has 1 fully saturated rings. The first kappa shape index (κ1) is 14.6. The quantitative estimate of drug-likeness (QED) is 0.844. The molecule has 20 heavy (non-hydrogen) atoms. The Morgan fingerprint density at radius 3 is 3.00 bits per heavy atom. The van der Waals surface area contributed by atoms with Gasteiger partial charge in [0.05, 0.1) is 6.61 Å². The van der Waals surface area contributed by atoms with Gasteiger partial charge >= 0.3 is 0 Å². The number of ether oxygens (including phenoxy) is 1. The molecule has 1 aliphatic carbocycles. The molecule has 0 aromatic carbocycles. The van der Waals surface area contributed by atoms with E-state index < -0.39 is 0 Å². The minimum Gasteiger partial charge on any atom is -0.381 e. The number of fused-ring (bicyclic) bond motifs is 1. The lowest BCUT2D eigenvalue weighted by Crippen LogP contribution is -2.32. The van der Waals surface area contributed by atoms with Gasteiger partial charge in [0.2, 0.25) is 0 Å². The Bertz CT molecular complexity index is 399. The van der Waals surface area contributed by atoms with Gasteiger partial charge in [-0.15, -0.1) is 11.3 Å². The molecule has 1 saturated heterocycles. The zero-order valence-electron chi connectivity index (χ0n) is 12.6. The van der Waals surface area contributed by atoms with E-state index in [-0.39, 0.29) is 0 Å². The summed E-state index contributed by atoms with van der Waals surface area (Å²) in [5.74, 6) is 0.658. The second kappa shape index (κ2) is 7.06. The topological polar surface area (TPSA) is 21.3 Å². The molecule has 0 spiro atoms. The molecule has 0 amide bonds. The van der Waals surface area contributed by atoms with Gasteiger partial charge in [-0.3, -0.25) is 0 Å². The van der Waals surface area contributed by atoms with Crippen LogP contribution in [0.5, 0.6) is 0 Å². The fourth-order valence-electron chi connectivity index (χ4n) is 3.59. The van der Waals surface area contributed by atoms with Crippen molar-refractivity contribution < 1.29 is 4.74 Å². The van der Waals surface area contributed by atoms with Gasteiger partial charge in [0.15, 0.2) is 0 Å². The van der Waals surface area contributed by atoms with Crippen LogP contribution in [0.4, 0.5) is 0 Å². The first-order valence-electron chi connectivity index (χ1n) is 8.31. The molecule has 1 aromatic heterocycles. The average molecular weight is 293 g/mol. The monoisotopic (exact) mass is 293 g/mol. The van der Waals surface area contributed by atoms with E-state index in [1.54, 1.807) is 15.3 Å². The second-order valence-corrected chi connectivity index (χ2v) is 7.34. The van der Waals surface area contributed by atoms with Crippen molar-refractivity contribution in [2.24, 2.45) is 5.92 Å². The normalized spacial score (nSPS) is 24.9. The molecule has 0 saturated carbocycles. The summed E-state index contributed by atoms with van der Waals surface area (Å²) in [6.07, 6.45) is 9.29. The summed E-state index contributed by atoms with van der Waals surface area (Å²) in [4.78, 5) is 3.23. The third-order valence-electron chi connectivity index (χ3n) is 4.66. The summed E-state index contributed by atoms with van der Waals surface area (Å²) in [6, 6.07) is 3.02. The third-order valence-corrected chi connectivity index (χ3v) is 5.98. The van der Waals surface area contributed by atoms with Crippen molar-refractivity contribution in [2.75, 3.05) is 19.8 Å². The molecule has 2 nitrogen and oxygen atoms in total. The van der Waals surface area contributed by atoms with E-state index in [9.17, 15) is 0 Å². The van der Waals surface area contributed by atoms with Crippen LogP contribution in [0.1, 0.15) is 60.4 Å². The highest BCUT2D eigenvalue weighted by Gasteiger charge is 2.27. The molecule has 112 valence electrons. The number of aryl methyl sites for hydroxylation is 2. The van der Waals surface area contributed by atoms with E-state index in [2.05, 4.69) is 29.6 Å². The molecular weight excluding hydrogens is 266 g/mol. The van der Waals surface area contributed by atoms with Gasteiger partial charge < -0.3 is 10.1 Å². The van der Waals surface area contributed by atoms with Crippen LogP contribution < -0.4 is 5.32 Å². The summed E-state index contributed by atoms with van der Waals surface area (Å²) in [5.41, 5.74) is 1.64. The van der Waals surface area contributed by atoms with E-state index in [1.807, 2.05) is 0 Å². The van der Waals surface area contributed by atoms with Crippen LogP contribution in [0.15, 0.2) is 6.07 Å². The largest absolute Gasteiger partial charge is 0.381 e. The van der Waals surface area contributed by atoms with Crippen molar-refractivity contribution >= 4 is 11.3 Å². The lowest BCUT2D eigenvalue weighted by Gasteiger charge is -2.30. The van der Waals surface area contributed by atoms with Crippen molar-refractivity contribution in [2.45, 2.75) is 57.9 Å². The highest BCUT2D eigenvalue weighted by atomic mass is 32.1. The lowest BCUT2D eigenvalue weighted by atomic mass is 9.92. The van der Waals surface area contributed by atoms with E-state index in [0.29, 0.717) is 12.0 Å². The molecule has 1 N–H and O–H groups in total. The smallest absolute Gasteiger partial charge is 0.0512 e. The molecule has 0 bridgehead atoms. The standard InChI is InChI=1S/C17H27NOS/c1-2-18-17(14-8-6-10-19-12-14)16-11-13-7-4-3-5-9-15(13)20-16/h11,14,17-18H,2-10,12H2,1H3. The Labute approximate surface area is 126 Å². The van der Waals surface area contributed by atoms with Crippen molar-refractivity contribution in [1.29, 1.82) is 0 Å². The summed E-state index contributed by atoms with van der Waals surface area (Å²) in [6.45, 7) is 5.15. The summed E-state index contributed by atoms with van der Waals surface area (Å²) >= 11 is 2.07. The van der Waals surface area contributed by atoms with Gasteiger partial charge in [0.25, 0.3) is 0 Å². The number of hydrogen-bond donors (Lipinski definition) is 1.